The molecule has 21 heavy (non-hydrogen) atoms. The lowest BCUT2D eigenvalue weighted by atomic mass is 10.2. The van der Waals surface area contributed by atoms with E-state index in [1.54, 1.807) is 24.3 Å². The van der Waals surface area contributed by atoms with Crippen LogP contribution in [0, 0.1) is 0 Å². The van der Waals surface area contributed by atoms with Crippen molar-refractivity contribution < 1.29 is 9.53 Å². The normalized spacial score (nSPS) is 10.0. The molecule has 2 aromatic rings. The second kappa shape index (κ2) is 7.28. The van der Waals surface area contributed by atoms with Crippen LogP contribution in [0.25, 0.3) is 0 Å². The van der Waals surface area contributed by atoms with E-state index in [1.807, 2.05) is 32.0 Å². The first-order valence-corrected chi connectivity index (χ1v) is 6.98. The third kappa shape index (κ3) is 4.21. The minimum Gasteiger partial charge on any atom is -0.494 e. The predicted molar refractivity (Wildman–Crippen MR) is 84.0 cm³/mol. The van der Waals surface area contributed by atoms with Crippen LogP contribution in [0.1, 0.15) is 24.3 Å². The highest BCUT2D eigenvalue weighted by atomic mass is 16.5. The molecule has 1 aromatic carbocycles. The minimum atomic E-state index is -0.237. The fraction of sp³-hybridized carbons (Fsp3) is 0.250. The van der Waals surface area contributed by atoms with Crippen molar-refractivity contribution in [2.24, 2.45) is 0 Å². The van der Waals surface area contributed by atoms with Gasteiger partial charge < -0.3 is 15.4 Å². The molecule has 0 aliphatic heterocycles. The zero-order valence-corrected chi connectivity index (χ0v) is 12.2. The number of benzene rings is 1. The smallest absolute Gasteiger partial charge is 0.274 e. The number of aromatic nitrogens is 1. The molecule has 0 saturated carbocycles. The summed E-state index contributed by atoms with van der Waals surface area (Å²) in [7, 11) is 0. The summed E-state index contributed by atoms with van der Waals surface area (Å²) < 4.78 is 5.36. The lowest BCUT2D eigenvalue weighted by Crippen LogP contribution is -2.14. The number of pyridine rings is 1. The summed E-state index contributed by atoms with van der Waals surface area (Å²) in [6, 6.07) is 12.6. The van der Waals surface area contributed by atoms with Crippen molar-refractivity contribution in [2.45, 2.75) is 13.8 Å². The molecule has 2 N–H and O–H groups in total. The number of ether oxygens (including phenoxy) is 1. The standard InChI is InChI=1S/C16H19N3O2/c1-3-17-15-7-5-6-14(19-15)16(20)18-12-8-10-13(11-9-12)21-4-2/h5-11H,3-4H2,1-2H3,(H,17,19)(H,18,20). The predicted octanol–water partition coefficient (Wildman–Crippen LogP) is 3.16. The van der Waals surface area contributed by atoms with Crippen molar-refractivity contribution in [3.05, 3.63) is 48.2 Å². The maximum atomic E-state index is 12.1. The average molecular weight is 285 g/mol. The van der Waals surface area contributed by atoms with Crippen LogP contribution in [0.2, 0.25) is 0 Å². The second-order valence-corrected chi connectivity index (χ2v) is 4.35. The SMILES string of the molecule is CCNc1cccc(C(=O)Nc2ccc(OCC)cc2)n1. The van der Waals surface area contributed by atoms with Crippen LogP contribution in [-0.4, -0.2) is 24.0 Å². The largest absolute Gasteiger partial charge is 0.494 e. The van der Waals surface area contributed by atoms with Crippen LogP contribution < -0.4 is 15.4 Å². The fourth-order valence-electron chi connectivity index (χ4n) is 1.84. The number of nitrogens with one attached hydrogen (secondary N) is 2. The van der Waals surface area contributed by atoms with E-state index in [1.165, 1.54) is 0 Å². The Balaban J connectivity index is 2.05. The molecule has 0 saturated heterocycles. The lowest BCUT2D eigenvalue weighted by Gasteiger charge is -2.08. The summed E-state index contributed by atoms with van der Waals surface area (Å²) >= 11 is 0. The number of carbonyl (C=O) groups is 1. The lowest BCUT2D eigenvalue weighted by molar-refractivity contribution is 0.102. The molecule has 2 rings (SSSR count). The molecule has 0 fully saturated rings. The van der Waals surface area contributed by atoms with Gasteiger partial charge in [0.15, 0.2) is 0 Å². The number of amides is 1. The van der Waals surface area contributed by atoms with Crippen LogP contribution in [0.4, 0.5) is 11.5 Å². The first kappa shape index (κ1) is 14.8. The Labute approximate surface area is 124 Å². The van der Waals surface area contributed by atoms with Crippen LogP contribution in [0.3, 0.4) is 0 Å². The Hall–Kier alpha value is -2.56. The van der Waals surface area contributed by atoms with Gasteiger partial charge in [0.2, 0.25) is 0 Å². The molecular weight excluding hydrogens is 266 g/mol. The van der Waals surface area contributed by atoms with E-state index in [-0.39, 0.29) is 5.91 Å². The Morgan fingerprint density at radius 3 is 2.57 bits per heavy atom. The van der Waals surface area contributed by atoms with Gasteiger partial charge in [-0.3, -0.25) is 4.79 Å². The molecule has 5 nitrogen and oxygen atoms in total. The Morgan fingerprint density at radius 2 is 1.90 bits per heavy atom. The molecule has 1 heterocycles. The second-order valence-electron chi connectivity index (χ2n) is 4.35. The Morgan fingerprint density at radius 1 is 1.14 bits per heavy atom. The van der Waals surface area contributed by atoms with Gasteiger partial charge in [0.05, 0.1) is 6.61 Å². The molecule has 0 aliphatic rings. The summed E-state index contributed by atoms with van der Waals surface area (Å²) in [6.45, 7) is 5.29. The molecular formula is C16H19N3O2. The van der Waals surface area contributed by atoms with E-state index in [0.717, 1.165) is 12.3 Å². The third-order valence-electron chi connectivity index (χ3n) is 2.76. The van der Waals surface area contributed by atoms with Gasteiger partial charge in [0.25, 0.3) is 5.91 Å². The molecule has 0 spiro atoms. The highest BCUT2D eigenvalue weighted by Gasteiger charge is 2.08. The quantitative estimate of drug-likeness (QED) is 0.855. The van der Waals surface area contributed by atoms with Crippen molar-refractivity contribution in [1.82, 2.24) is 4.98 Å². The average Bonchev–Trinajstić information content (AvgIpc) is 2.50. The minimum absolute atomic E-state index is 0.237. The van der Waals surface area contributed by atoms with E-state index in [9.17, 15) is 4.79 Å². The molecule has 0 aliphatic carbocycles. The molecule has 5 heteroatoms. The molecule has 1 amide bonds. The number of nitrogens with zero attached hydrogens (tertiary/aromatic N) is 1. The Bertz CT molecular complexity index is 597. The maximum Gasteiger partial charge on any atom is 0.274 e. The van der Waals surface area contributed by atoms with Crippen LogP contribution in [0.15, 0.2) is 42.5 Å². The van der Waals surface area contributed by atoms with E-state index in [2.05, 4.69) is 15.6 Å². The zero-order valence-electron chi connectivity index (χ0n) is 12.2. The van der Waals surface area contributed by atoms with Gasteiger partial charge in [-0.05, 0) is 50.2 Å². The van der Waals surface area contributed by atoms with Gasteiger partial charge in [-0.25, -0.2) is 4.98 Å². The first-order chi connectivity index (χ1) is 10.2. The molecule has 0 atom stereocenters. The Kier molecular flexibility index (Phi) is 5.15. The van der Waals surface area contributed by atoms with Crippen molar-refractivity contribution in [3.63, 3.8) is 0 Å². The number of hydrogen-bond donors (Lipinski definition) is 2. The van der Waals surface area contributed by atoms with Crippen LogP contribution in [0.5, 0.6) is 5.75 Å². The first-order valence-electron chi connectivity index (χ1n) is 6.98. The third-order valence-corrected chi connectivity index (χ3v) is 2.76. The maximum absolute atomic E-state index is 12.1. The van der Waals surface area contributed by atoms with Crippen molar-refractivity contribution in [2.75, 3.05) is 23.8 Å². The monoisotopic (exact) mass is 285 g/mol. The molecule has 0 bridgehead atoms. The molecule has 110 valence electrons. The van der Waals surface area contributed by atoms with Crippen molar-refractivity contribution in [3.8, 4) is 5.75 Å². The summed E-state index contributed by atoms with van der Waals surface area (Å²) in [6.07, 6.45) is 0. The molecule has 0 unspecified atom stereocenters. The number of rotatable bonds is 6. The van der Waals surface area contributed by atoms with E-state index in [0.29, 0.717) is 23.8 Å². The highest BCUT2D eigenvalue weighted by molar-refractivity contribution is 6.03. The van der Waals surface area contributed by atoms with Crippen molar-refractivity contribution in [1.29, 1.82) is 0 Å². The summed E-state index contributed by atoms with van der Waals surface area (Å²) in [4.78, 5) is 16.4. The van der Waals surface area contributed by atoms with E-state index < -0.39 is 0 Å². The summed E-state index contributed by atoms with van der Waals surface area (Å²) in [5.74, 6) is 1.23. The van der Waals surface area contributed by atoms with E-state index >= 15 is 0 Å². The van der Waals surface area contributed by atoms with Crippen LogP contribution >= 0.6 is 0 Å². The van der Waals surface area contributed by atoms with Gasteiger partial charge in [0.1, 0.15) is 17.3 Å². The number of anilines is 2. The molecule has 1 aromatic heterocycles. The fourth-order valence-corrected chi connectivity index (χ4v) is 1.84. The zero-order chi connectivity index (χ0) is 15.1. The van der Waals surface area contributed by atoms with Crippen LogP contribution in [-0.2, 0) is 0 Å². The summed E-state index contributed by atoms with van der Waals surface area (Å²) in [5, 5.41) is 5.89. The van der Waals surface area contributed by atoms with E-state index in [4.69, 9.17) is 4.74 Å². The van der Waals surface area contributed by atoms with Crippen molar-refractivity contribution >= 4 is 17.4 Å². The topological polar surface area (TPSA) is 63.2 Å². The van der Waals surface area contributed by atoms with Gasteiger partial charge >= 0.3 is 0 Å². The van der Waals surface area contributed by atoms with Gasteiger partial charge in [-0.1, -0.05) is 6.07 Å². The highest BCUT2D eigenvalue weighted by Crippen LogP contribution is 2.16. The number of carbonyl (C=O) groups excluding carboxylic acids is 1. The van der Waals surface area contributed by atoms with Gasteiger partial charge in [-0.2, -0.15) is 0 Å². The molecule has 0 radical (unpaired) electrons. The summed E-state index contributed by atoms with van der Waals surface area (Å²) in [5.41, 5.74) is 1.08. The van der Waals surface area contributed by atoms with Gasteiger partial charge in [-0.15, -0.1) is 0 Å². The van der Waals surface area contributed by atoms with Gasteiger partial charge in [0, 0.05) is 12.2 Å². The number of hydrogen-bond acceptors (Lipinski definition) is 4.